The van der Waals surface area contributed by atoms with Gasteiger partial charge < -0.3 is 10.2 Å². The number of fused-ring (bicyclic) bond motifs is 3. The topological polar surface area (TPSA) is 63.1 Å². The number of carbonyl (C=O) groups excluding carboxylic acids is 1. The predicted molar refractivity (Wildman–Crippen MR) is 95.7 cm³/mol. The van der Waals surface area contributed by atoms with Gasteiger partial charge in [0.1, 0.15) is 0 Å². The van der Waals surface area contributed by atoms with Crippen molar-refractivity contribution in [1.82, 2.24) is 25.2 Å². The molecule has 1 aromatic heterocycles. The van der Waals surface area contributed by atoms with E-state index in [0.29, 0.717) is 11.6 Å². The highest BCUT2D eigenvalue weighted by atomic mass is 16.2. The lowest BCUT2D eigenvalue weighted by atomic mass is 9.79. The van der Waals surface area contributed by atoms with Crippen LogP contribution in [-0.4, -0.2) is 52.0 Å². The highest BCUT2D eigenvalue weighted by molar-refractivity contribution is 5.91. The molecule has 1 N–H and O–H groups in total. The average molecular weight is 339 g/mol. The molecule has 3 aliphatic heterocycles. The minimum atomic E-state index is -0.128. The molecule has 0 aliphatic carbocycles. The molecule has 3 aliphatic rings. The van der Waals surface area contributed by atoms with Gasteiger partial charge in [0.25, 0.3) is 5.91 Å². The normalized spacial score (nSPS) is 25.1. The smallest absolute Gasteiger partial charge is 0.273 e. The van der Waals surface area contributed by atoms with Crippen LogP contribution in [0.15, 0.2) is 30.5 Å². The van der Waals surface area contributed by atoms with E-state index in [4.69, 9.17) is 0 Å². The van der Waals surface area contributed by atoms with Gasteiger partial charge in [-0.05, 0) is 55.8 Å². The van der Waals surface area contributed by atoms with Gasteiger partial charge >= 0.3 is 0 Å². The third-order valence-corrected chi connectivity index (χ3v) is 5.66. The van der Waals surface area contributed by atoms with E-state index in [1.54, 1.807) is 10.9 Å². The van der Waals surface area contributed by atoms with Crippen molar-refractivity contribution in [3.63, 3.8) is 0 Å². The summed E-state index contributed by atoms with van der Waals surface area (Å²) in [6, 6.07) is 8.07. The van der Waals surface area contributed by atoms with Gasteiger partial charge in [-0.25, -0.2) is 4.68 Å². The highest BCUT2D eigenvalue weighted by Crippen LogP contribution is 2.31. The molecule has 1 atom stereocenters. The second-order valence-electron chi connectivity index (χ2n) is 7.14. The molecule has 6 heteroatoms. The molecule has 132 valence electrons. The fourth-order valence-electron chi connectivity index (χ4n) is 4.15. The zero-order valence-electron chi connectivity index (χ0n) is 14.7. The van der Waals surface area contributed by atoms with Gasteiger partial charge in [-0.1, -0.05) is 30.3 Å². The summed E-state index contributed by atoms with van der Waals surface area (Å²) in [6.45, 7) is 6.40. The molecule has 2 bridgehead atoms. The van der Waals surface area contributed by atoms with E-state index in [1.165, 1.54) is 31.5 Å². The Kier molecular flexibility index (Phi) is 4.53. The Bertz CT molecular complexity index is 748. The zero-order chi connectivity index (χ0) is 17.2. The summed E-state index contributed by atoms with van der Waals surface area (Å²) < 4.78 is 1.70. The van der Waals surface area contributed by atoms with Crippen molar-refractivity contribution in [2.45, 2.75) is 26.2 Å². The molecule has 6 nitrogen and oxygen atoms in total. The van der Waals surface area contributed by atoms with Crippen LogP contribution >= 0.6 is 0 Å². The van der Waals surface area contributed by atoms with Crippen molar-refractivity contribution in [2.24, 2.45) is 11.8 Å². The number of hydrogen-bond donors (Lipinski definition) is 1. The van der Waals surface area contributed by atoms with Gasteiger partial charge in [-0.3, -0.25) is 4.79 Å². The third-order valence-electron chi connectivity index (χ3n) is 5.66. The number of nitrogens with zero attached hydrogens (tertiary/aromatic N) is 4. The first-order valence-electron chi connectivity index (χ1n) is 9.25. The Labute approximate surface area is 148 Å². The molecule has 3 saturated heterocycles. The van der Waals surface area contributed by atoms with Crippen molar-refractivity contribution >= 4 is 5.91 Å². The number of aryl methyl sites for hydroxylation is 1. The summed E-state index contributed by atoms with van der Waals surface area (Å²) in [7, 11) is 0. The molecule has 4 heterocycles. The first-order valence-corrected chi connectivity index (χ1v) is 9.25. The summed E-state index contributed by atoms with van der Waals surface area (Å²) in [5.41, 5.74) is 2.55. The SMILES string of the molecule is CCc1ccccc1-n1cc(C(=O)NCC2CN3CCC2CC3)nn1. The van der Waals surface area contributed by atoms with Crippen molar-refractivity contribution in [1.29, 1.82) is 0 Å². The van der Waals surface area contributed by atoms with Crippen LogP contribution in [0.1, 0.15) is 35.8 Å². The van der Waals surface area contributed by atoms with E-state index in [2.05, 4.69) is 33.5 Å². The van der Waals surface area contributed by atoms with Gasteiger partial charge in [-0.15, -0.1) is 5.10 Å². The Hall–Kier alpha value is -2.21. The van der Waals surface area contributed by atoms with E-state index in [1.807, 2.05) is 18.2 Å². The number of para-hydroxylation sites is 1. The first-order chi connectivity index (χ1) is 12.2. The van der Waals surface area contributed by atoms with E-state index in [0.717, 1.165) is 31.1 Å². The number of amides is 1. The Balaban J connectivity index is 1.41. The van der Waals surface area contributed by atoms with Crippen LogP contribution in [0.4, 0.5) is 0 Å². The van der Waals surface area contributed by atoms with Crippen molar-refractivity contribution < 1.29 is 4.79 Å². The predicted octanol–water partition coefficient (Wildman–Crippen LogP) is 1.90. The molecule has 0 spiro atoms. The molecule has 25 heavy (non-hydrogen) atoms. The number of rotatable bonds is 5. The minimum Gasteiger partial charge on any atom is -0.350 e. The number of nitrogens with one attached hydrogen (secondary N) is 1. The molecular weight excluding hydrogens is 314 g/mol. The van der Waals surface area contributed by atoms with Crippen LogP contribution in [-0.2, 0) is 6.42 Å². The maximum Gasteiger partial charge on any atom is 0.273 e. The minimum absolute atomic E-state index is 0.128. The van der Waals surface area contributed by atoms with Crippen LogP contribution in [0, 0.1) is 11.8 Å². The lowest BCUT2D eigenvalue weighted by Gasteiger charge is -2.44. The summed E-state index contributed by atoms with van der Waals surface area (Å²) in [6.07, 6.45) is 5.17. The lowest BCUT2D eigenvalue weighted by molar-refractivity contribution is 0.0495. The molecule has 0 saturated carbocycles. The molecule has 2 aromatic rings. The summed E-state index contributed by atoms with van der Waals surface area (Å²) in [5, 5.41) is 11.3. The van der Waals surface area contributed by atoms with Crippen LogP contribution in [0.25, 0.3) is 5.69 Å². The average Bonchev–Trinajstić information content (AvgIpc) is 3.17. The summed E-state index contributed by atoms with van der Waals surface area (Å²) in [4.78, 5) is 15.0. The second kappa shape index (κ2) is 6.96. The lowest BCUT2D eigenvalue weighted by Crippen LogP contribution is -2.50. The van der Waals surface area contributed by atoms with Gasteiger partial charge in [0.05, 0.1) is 11.9 Å². The molecular formula is C19H25N5O. The van der Waals surface area contributed by atoms with Crippen LogP contribution in [0.3, 0.4) is 0 Å². The monoisotopic (exact) mass is 339 g/mol. The first kappa shape index (κ1) is 16.3. The zero-order valence-corrected chi connectivity index (χ0v) is 14.7. The Morgan fingerprint density at radius 3 is 2.80 bits per heavy atom. The van der Waals surface area contributed by atoms with E-state index < -0.39 is 0 Å². The molecule has 3 fully saturated rings. The Morgan fingerprint density at radius 1 is 1.28 bits per heavy atom. The maximum absolute atomic E-state index is 12.5. The van der Waals surface area contributed by atoms with Crippen molar-refractivity contribution in [3.8, 4) is 5.69 Å². The standard InChI is InChI=1S/C19H25N5O/c1-2-14-5-3-4-6-18(14)24-13-17(21-22-24)19(25)20-11-16-12-23-9-7-15(16)8-10-23/h3-6,13,15-16H,2,7-12H2,1H3,(H,20,25). The summed E-state index contributed by atoms with van der Waals surface area (Å²) >= 11 is 0. The third kappa shape index (κ3) is 3.31. The van der Waals surface area contributed by atoms with Gasteiger partial charge in [0.15, 0.2) is 5.69 Å². The molecule has 1 aromatic carbocycles. The molecule has 1 amide bonds. The van der Waals surface area contributed by atoms with E-state index in [9.17, 15) is 4.79 Å². The maximum atomic E-state index is 12.5. The second-order valence-corrected chi connectivity index (χ2v) is 7.14. The van der Waals surface area contributed by atoms with Crippen LogP contribution in [0.2, 0.25) is 0 Å². The fraction of sp³-hybridized carbons (Fsp3) is 0.526. The number of benzene rings is 1. The molecule has 1 unspecified atom stereocenters. The number of carbonyl (C=O) groups is 1. The highest BCUT2D eigenvalue weighted by Gasteiger charge is 2.34. The van der Waals surface area contributed by atoms with Crippen LogP contribution < -0.4 is 5.32 Å². The van der Waals surface area contributed by atoms with E-state index in [-0.39, 0.29) is 5.91 Å². The summed E-state index contributed by atoms with van der Waals surface area (Å²) in [5.74, 6) is 1.21. The number of hydrogen-bond acceptors (Lipinski definition) is 4. The Morgan fingerprint density at radius 2 is 2.08 bits per heavy atom. The molecule has 0 radical (unpaired) electrons. The van der Waals surface area contributed by atoms with Gasteiger partial charge in [0, 0.05) is 13.1 Å². The fourth-order valence-corrected chi connectivity index (χ4v) is 4.15. The number of aromatic nitrogens is 3. The number of piperidine rings is 3. The van der Waals surface area contributed by atoms with Crippen molar-refractivity contribution in [3.05, 3.63) is 41.7 Å². The quantitative estimate of drug-likeness (QED) is 0.904. The van der Waals surface area contributed by atoms with Gasteiger partial charge in [0.2, 0.25) is 0 Å². The van der Waals surface area contributed by atoms with Crippen molar-refractivity contribution in [2.75, 3.05) is 26.2 Å². The molecule has 5 rings (SSSR count). The van der Waals surface area contributed by atoms with Gasteiger partial charge in [-0.2, -0.15) is 0 Å². The largest absolute Gasteiger partial charge is 0.350 e. The van der Waals surface area contributed by atoms with E-state index >= 15 is 0 Å². The van der Waals surface area contributed by atoms with Crippen LogP contribution in [0.5, 0.6) is 0 Å².